The third kappa shape index (κ3) is 4.85. The number of methoxy groups -OCH3 is 1. The zero-order chi connectivity index (χ0) is 15.8. The molecule has 116 valence electrons. The van der Waals surface area contributed by atoms with Crippen molar-refractivity contribution in [3.63, 3.8) is 0 Å². The second kappa shape index (κ2) is 8.13. The Bertz CT molecular complexity index is 618. The second-order valence-corrected chi connectivity index (χ2v) is 5.21. The number of unbranched alkanes of at least 4 members (excludes halogenated alkanes) is 1. The van der Waals surface area contributed by atoms with Gasteiger partial charge in [-0.05, 0) is 37.5 Å². The van der Waals surface area contributed by atoms with E-state index in [1.165, 1.54) is 11.1 Å². The summed E-state index contributed by atoms with van der Waals surface area (Å²) in [6.45, 7) is 2.74. The van der Waals surface area contributed by atoms with Crippen LogP contribution in [0.2, 0.25) is 0 Å². The molecule has 0 unspecified atom stereocenters. The summed E-state index contributed by atoms with van der Waals surface area (Å²) in [7, 11) is 1.62. The Kier molecular flexibility index (Phi) is 5.90. The van der Waals surface area contributed by atoms with Crippen LogP contribution in [0.1, 0.15) is 24.0 Å². The van der Waals surface area contributed by atoms with Gasteiger partial charge < -0.3 is 15.2 Å². The molecule has 0 atom stereocenters. The number of nitrogen functional groups attached to an aromatic ring is 1. The van der Waals surface area contributed by atoms with Gasteiger partial charge in [0.25, 0.3) is 0 Å². The fourth-order valence-electron chi connectivity index (χ4n) is 2.08. The van der Waals surface area contributed by atoms with Gasteiger partial charge >= 0.3 is 0 Å². The molecule has 0 saturated carbocycles. The number of hydrogen-bond donors (Lipinski definition) is 1. The zero-order valence-corrected chi connectivity index (χ0v) is 13.2. The monoisotopic (exact) mass is 297 g/mol. The highest BCUT2D eigenvalue weighted by molar-refractivity contribution is 5.52. The maximum absolute atomic E-state index is 5.74. The van der Waals surface area contributed by atoms with Gasteiger partial charge in [0, 0.05) is 11.8 Å². The maximum atomic E-state index is 5.74. The normalized spacial score (nSPS) is 10.8. The Labute approximate surface area is 132 Å². The molecule has 3 nitrogen and oxygen atoms in total. The van der Waals surface area contributed by atoms with Crippen molar-refractivity contribution in [2.24, 2.45) is 0 Å². The molecule has 2 N–H and O–H groups in total. The quantitative estimate of drug-likeness (QED) is 0.606. The third-order valence-electron chi connectivity index (χ3n) is 3.35. The number of nitrogens with two attached hydrogens (primary N) is 1. The first-order valence-corrected chi connectivity index (χ1v) is 7.48. The summed E-state index contributed by atoms with van der Waals surface area (Å²) in [6, 6.07) is 13.9. The van der Waals surface area contributed by atoms with Crippen LogP contribution in [0.4, 0.5) is 5.69 Å². The van der Waals surface area contributed by atoms with Crippen molar-refractivity contribution in [1.82, 2.24) is 0 Å². The van der Waals surface area contributed by atoms with Crippen molar-refractivity contribution in [2.75, 3.05) is 19.5 Å². The zero-order valence-electron chi connectivity index (χ0n) is 13.2. The van der Waals surface area contributed by atoms with E-state index >= 15 is 0 Å². The molecule has 0 bridgehead atoms. The standard InChI is InChI=1S/C19H23NO2/c1-15-7-9-16(10-8-15)6-4-3-5-13-22-18-12-11-17(20)14-19(18)21-2/h4,6-12,14H,3,5,13,20H2,1-2H3. The van der Waals surface area contributed by atoms with Crippen molar-refractivity contribution >= 4 is 11.8 Å². The lowest BCUT2D eigenvalue weighted by Gasteiger charge is -2.10. The highest BCUT2D eigenvalue weighted by atomic mass is 16.5. The summed E-state index contributed by atoms with van der Waals surface area (Å²) in [5.74, 6) is 1.41. The molecular formula is C19H23NO2. The van der Waals surface area contributed by atoms with E-state index in [1.54, 1.807) is 13.2 Å². The van der Waals surface area contributed by atoms with Gasteiger partial charge in [-0.15, -0.1) is 0 Å². The molecular weight excluding hydrogens is 274 g/mol. The first-order valence-electron chi connectivity index (χ1n) is 7.48. The molecule has 3 heteroatoms. The first kappa shape index (κ1) is 16.0. The van der Waals surface area contributed by atoms with Gasteiger partial charge in [0.15, 0.2) is 11.5 Å². The smallest absolute Gasteiger partial charge is 0.162 e. The summed E-state index contributed by atoms with van der Waals surface area (Å²) < 4.78 is 11.0. The Morgan fingerprint density at radius 2 is 1.82 bits per heavy atom. The molecule has 0 amide bonds. The molecule has 0 heterocycles. The van der Waals surface area contributed by atoms with Crippen LogP contribution in [0.15, 0.2) is 48.5 Å². The molecule has 2 rings (SSSR count). The van der Waals surface area contributed by atoms with Crippen molar-refractivity contribution in [1.29, 1.82) is 0 Å². The van der Waals surface area contributed by atoms with Crippen LogP contribution in [0.5, 0.6) is 11.5 Å². The van der Waals surface area contributed by atoms with E-state index in [-0.39, 0.29) is 0 Å². The fourth-order valence-corrected chi connectivity index (χ4v) is 2.08. The van der Waals surface area contributed by atoms with E-state index in [2.05, 4.69) is 43.3 Å². The largest absolute Gasteiger partial charge is 0.493 e. The third-order valence-corrected chi connectivity index (χ3v) is 3.35. The minimum atomic E-state index is 0.651. The number of anilines is 1. The van der Waals surface area contributed by atoms with Gasteiger partial charge in [-0.1, -0.05) is 42.0 Å². The van der Waals surface area contributed by atoms with Gasteiger partial charge in [-0.25, -0.2) is 0 Å². The number of benzene rings is 2. The highest BCUT2D eigenvalue weighted by Gasteiger charge is 2.03. The SMILES string of the molecule is COc1cc(N)ccc1OCCCC=Cc1ccc(C)cc1. The Balaban J connectivity index is 1.74. The maximum Gasteiger partial charge on any atom is 0.162 e. The van der Waals surface area contributed by atoms with Crippen LogP contribution in [0.3, 0.4) is 0 Å². The van der Waals surface area contributed by atoms with Crippen molar-refractivity contribution in [2.45, 2.75) is 19.8 Å². The van der Waals surface area contributed by atoms with Gasteiger partial charge in [0.1, 0.15) is 0 Å². The average Bonchev–Trinajstić information content (AvgIpc) is 2.53. The summed E-state index contributed by atoms with van der Waals surface area (Å²) in [5.41, 5.74) is 8.90. The van der Waals surface area contributed by atoms with Crippen LogP contribution in [-0.4, -0.2) is 13.7 Å². The molecule has 0 radical (unpaired) electrons. The van der Waals surface area contributed by atoms with Crippen LogP contribution >= 0.6 is 0 Å². The number of allylic oxidation sites excluding steroid dienone is 1. The summed E-state index contributed by atoms with van der Waals surface area (Å²) in [4.78, 5) is 0. The predicted octanol–water partition coefficient (Wildman–Crippen LogP) is 4.46. The second-order valence-electron chi connectivity index (χ2n) is 5.21. The van der Waals surface area contributed by atoms with Crippen LogP contribution < -0.4 is 15.2 Å². The molecule has 2 aromatic rings. The van der Waals surface area contributed by atoms with E-state index in [1.807, 2.05) is 12.1 Å². The van der Waals surface area contributed by atoms with Crippen LogP contribution in [-0.2, 0) is 0 Å². The molecule has 22 heavy (non-hydrogen) atoms. The molecule has 0 aromatic heterocycles. The minimum Gasteiger partial charge on any atom is -0.493 e. The van der Waals surface area contributed by atoms with Crippen molar-refractivity contribution < 1.29 is 9.47 Å². The predicted molar refractivity (Wildman–Crippen MR) is 92.3 cm³/mol. The molecule has 0 aliphatic heterocycles. The number of ether oxygens (including phenoxy) is 2. The van der Waals surface area contributed by atoms with E-state index in [0.717, 1.165) is 18.6 Å². The number of hydrogen-bond acceptors (Lipinski definition) is 3. The van der Waals surface area contributed by atoms with E-state index < -0.39 is 0 Å². The molecule has 0 spiro atoms. The first-order chi connectivity index (χ1) is 10.7. The van der Waals surface area contributed by atoms with Gasteiger partial charge in [-0.2, -0.15) is 0 Å². The molecule has 0 aliphatic carbocycles. The molecule has 2 aromatic carbocycles. The fraction of sp³-hybridized carbons (Fsp3) is 0.263. The lowest BCUT2D eigenvalue weighted by Crippen LogP contribution is -1.99. The number of aryl methyl sites for hydroxylation is 1. The van der Waals surface area contributed by atoms with Crippen molar-refractivity contribution in [3.8, 4) is 11.5 Å². The lowest BCUT2D eigenvalue weighted by molar-refractivity contribution is 0.290. The summed E-state index contributed by atoms with van der Waals surface area (Å²) in [6.07, 6.45) is 6.25. The summed E-state index contributed by atoms with van der Waals surface area (Å²) in [5, 5.41) is 0. The van der Waals surface area contributed by atoms with E-state index in [4.69, 9.17) is 15.2 Å². The van der Waals surface area contributed by atoms with Gasteiger partial charge in [0.05, 0.1) is 13.7 Å². The molecule has 0 aliphatic rings. The minimum absolute atomic E-state index is 0.651. The van der Waals surface area contributed by atoms with Gasteiger partial charge in [0.2, 0.25) is 0 Å². The lowest BCUT2D eigenvalue weighted by atomic mass is 10.1. The Hall–Kier alpha value is -2.42. The van der Waals surface area contributed by atoms with Crippen molar-refractivity contribution in [3.05, 3.63) is 59.7 Å². The average molecular weight is 297 g/mol. The highest BCUT2D eigenvalue weighted by Crippen LogP contribution is 2.29. The summed E-state index contributed by atoms with van der Waals surface area (Å²) >= 11 is 0. The van der Waals surface area contributed by atoms with Gasteiger partial charge in [-0.3, -0.25) is 0 Å². The topological polar surface area (TPSA) is 44.5 Å². The Morgan fingerprint density at radius 3 is 2.55 bits per heavy atom. The Morgan fingerprint density at radius 1 is 1.05 bits per heavy atom. The van der Waals surface area contributed by atoms with Crippen LogP contribution in [0.25, 0.3) is 6.08 Å². The molecule has 0 saturated heterocycles. The molecule has 0 fully saturated rings. The van der Waals surface area contributed by atoms with E-state index in [9.17, 15) is 0 Å². The van der Waals surface area contributed by atoms with Crippen LogP contribution in [0, 0.1) is 6.92 Å². The van der Waals surface area contributed by atoms with E-state index in [0.29, 0.717) is 18.0 Å². The number of rotatable bonds is 7.